The lowest BCUT2D eigenvalue weighted by molar-refractivity contribution is -0.160. The minimum absolute atomic E-state index is 0.0162. The van der Waals surface area contributed by atoms with Crippen LogP contribution in [-0.2, 0) is 48.9 Å². The quantitative estimate of drug-likeness (QED) is 0.121. The van der Waals surface area contributed by atoms with Gasteiger partial charge in [-0.1, -0.05) is 29.3 Å². The van der Waals surface area contributed by atoms with Crippen LogP contribution in [0.25, 0.3) is 0 Å². The third-order valence-electron chi connectivity index (χ3n) is 10.3. The lowest BCUT2D eigenvalue weighted by Gasteiger charge is -2.47. The third-order valence-corrected chi connectivity index (χ3v) is 10.8. The SMILES string of the molecule is COCCCc1cc(CN(C(=O)C2CN(C(=O)OC(C)(C)C)CCC2(OC)c2ccn(CCOc3c(Cl)cc(C)cc3Cl)c(=O)c2)C2CC2)cc(OCCOC)c1. The summed E-state index contributed by atoms with van der Waals surface area (Å²) in [5.41, 5.74) is 1.24. The lowest BCUT2D eigenvalue weighted by Crippen LogP contribution is -2.59. The first-order valence-corrected chi connectivity index (χ1v) is 20.3. The molecule has 0 bridgehead atoms. The largest absolute Gasteiger partial charge is 0.491 e. The third kappa shape index (κ3) is 11.7. The van der Waals surface area contributed by atoms with Crippen molar-refractivity contribution in [2.24, 2.45) is 5.92 Å². The standard InChI is InChI=1S/C43H57Cl2N3O9/c1-29-21-36(44)39(37(45)22-29)56-18-16-46-14-12-32(26-38(46)49)43(54-7)13-15-47(41(51)57-42(2,3)4)28-35(43)40(50)48(33-10-11-33)27-31-23-30(9-8-17-52-5)24-34(25-31)55-20-19-53-6/h12,14,21-26,33,35H,8-11,13,15-20,27-28H2,1-7H3. The van der Waals surface area contributed by atoms with E-state index in [9.17, 15) is 9.59 Å². The summed E-state index contributed by atoms with van der Waals surface area (Å²) in [6.45, 7) is 9.80. The van der Waals surface area contributed by atoms with Gasteiger partial charge in [-0.25, -0.2) is 4.79 Å². The van der Waals surface area contributed by atoms with Crippen LogP contribution in [0.4, 0.5) is 4.79 Å². The van der Waals surface area contributed by atoms with Gasteiger partial charge in [-0.05, 0) is 112 Å². The Kier molecular flexibility index (Phi) is 15.4. The summed E-state index contributed by atoms with van der Waals surface area (Å²) < 4.78 is 36.1. The Morgan fingerprint density at radius 1 is 0.912 bits per heavy atom. The molecular formula is C43H57Cl2N3O9. The molecule has 1 aromatic heterocycles. The van der Waals surface area contributed by atoms with E-state index in [2.05, 4.69) is 6.07 Å². The zero-order chi connectivity index (χ0) is 41.3. The zero-order valence-corrected chi connectivity index (χ0v) is 35.7. The molecule has 0 N–H and O–H groups in total. The molecule has 1 aliphatic heterocycles. The fraction of sp³-hybridized carbons (Fsp3) is 0.558. The molecule has 1 saturated carbocycles. The van der Waals surface area contributed by atoms with Crippen LogP contribution in [0, 0.1) is 12.8 Å². The second-order valence-electron chi connectivity index (χ2n) is 15.8. The number of aromatic nitrogens is 1. The second kappa shape index (κ2) is 19.8. The number of carbonyl (C=O) groups is 2. The molecule has 14 heteroatoms. The molecule has 12 nitrogen and oxygen atoms in total. The molecular weight excluding hydrogens is 773 g/mol. The highest BCUT2D eigenvalue weighted by molar-refractivity contribution is 6.37. The molecule has 1 saturated heterocycles. The van der Waals surface area contributed by atoms with Crippen molar-refractivity contribution in [1.82, 2.24) is 14.4 Å². The molecule has 2 atom stereocenters. The van der Waals surface area contributed by atoms with E-state index in [1.807, 2.05) is 50.8 Å². The van der Waals surface area contributed by atoms with Crippen molar-refractivity contribution >= 4 is 35.2 Å². The molecule has 0 spiro atoms. The molecule has 2 aliphatic rings. The van der Waals surface area contributed by atoms with Crippen LogP contribution in [0.15, 0.2) is 53.5 Å². The Morgan fingerprint density at radius 2 is 1.61 bits per heavy atom. The maximum atomic E-state index is 15.2. The van der Waals surface area contributed by atoms with Gasteiger partial charge in [0, 0.05) is 65.9 Å². The minimum atomic E-state index is -1.21. The predicted molar refractivity (Wildman–Crippen MR) is 220 cm³/mol. The van der Waals surface area contributed by atoms with Crippen molar-refractivity contribution in [3.63, 3.8) is 0 Å². The molecule has 1 aliphatic carbocycles. The van der Waals surface area contributed by atoms with E-state index < -0.39 is 23.2 Å². The van der Waals surface area contributed by atoms with Gasteiger partial charge in [-0.3, -0.25) is 9.59 Å². The van der Waals surface area contributed by atoms with Gasteiger partial charge in [0.05, 0.1) is 29.1 Å². The minimum Gasteiger partial charge on any atom is -0.491 e. The highest BCUT2D eigenvalue weighted by atomic mass is 35.5. The average Bonchev–Trinajstić information content (AvgIpc) is 4.00. The number of carbonyl (C=O) groups excluding carboxylic acids is 2. The summed E-state index contributed by atoms with van der Waals surface area (Å²) in [6.07, 6.45) is 4.77. The van der Waals surface area contributed by atoms with E-state index in [4.69, 9.17) is 51.6 Å². The Hall–Kier alpha value is -3.81. The Balaban J connectivity index is 1.45. The number of methoxy groups -OCH3 is 3. The first-order chi connectivity index (χ1) is 27.2. The van der Waals surface area contributed by atoms with Gasteiger partial charge in [-0.2, -0.15) is 0 Å². The number of likely N-dealkylation sites (tertiary alicyclic amines) is 1. The topological polar surface area (TPSA) is 118 Å². The number of ether oxygens (including phenoxy) is 6. The van der Waals surface area contributed by atoms with E-state index in [1.54, 1.807) is 44.6 Å². The zero-order valence-electron chi connectivity index (χ0n) is 34.2. The number of hydrogen-bond acceptors (Lipinski definition) is 9. The number of hydrogen-bond donors (Lipinski definition) is 0. The molecule has 2 heterocycles. The number of amides is 2. The van der Waals surface area contributed by atoms with Gasteiger partial charge in [0.15, 0.2) is 5.75 Å². The van der Waals surface area contributed by atoms with Crippen LogP contribution >= 0.6 is 23.2 Å². The van der Waals surface area contributed by atoms with Crippen molar-refractivity contribution < 1.29 is 38.0 Å². The number of rotatable bonds is 18. The maximum Gasteiger partial charge on any atom is 0.410 e. The van der Waals surface area contributed by atoms with Crippen molar-refractivity contribution in [1.29, 1.82) is 0 Å². The van der Waals surface area contributed by atoms with Crippen LogP contribution < -0.4 is 15.0 Å². The van der Waals surface area contributed by atoms with Gasteiger partial charge in [-0.15, -0.1) is 0 Å². The van der Waals surface area contributed by atoms with Crippen LogP contribution in [0.3, 0.4) is 0 Å². The van der Waals surface area contributed by atoms with E-state index in [0.29, 0.717) is 53.5 Å². The summed E-state index contributed by atoms with van der Waals surface area (Å²) in [5, 5.41) is 0.785. The van der Waals surface area contributed by atoms with Crippen molar-refractivity contribution in [2.75, 3.05) is 60.8 Å². The number of piperidine rings is 1. The van der Waals surface area contributed by atoms with Crippen molar-refractivity contribution in [2.45, 2.75) is 90.1 Å². The molecule has 2 unspecified atom stereocenters. The second-order valence-corrected chi connectivity index (χ2v) is 16.6. The summed E-state index contributed by atoms with van der Waals surface area (Å²) in [7, 11) is 4.88. The highest BCUT2D eigenvalue weighted by Gasteiger charge is 2.52. The van der Waals surface area contributed by atoms with Gasteiger partial charge < -0.3 is 42.8 Å². The fourth-order valence-electron chi connectivity index (χ4n) is 7.32. The molecule has 3 aromatic rings. The van der Waals surface area contributed by atoms with Crippen molar-refractivity contribution in [3.05, 3.63) is 91.3 Å². The summed E-state index contributed by atoms with van der Waals surface area (Å²) in [4.78, 5) is 45.9. The average molecular weight is 831 g/mol. The van der Waals surface area contributed by atoms with E-state index in [0.717, 1.165) is 42.4 Å². The Bertz CT molecular complexity index is 1860. The van der Waals surface area contributed by atoms with Gasteiger partial charge in [0.2, 0.25) is 5.91 Å². The lowest BCUT2D eigenvalue weighted by atomic mass is 9.75. The van der Waals surface area contributed by atoms with Crippen LogP contribution in [0.5, 0.6) is 11.5 Å². The molecule has 312 valence electrons. The Morgan fingerprint density at radius 3 is 2.25 bits per heavy atom. The normalized spacial score (nSPS) is 18.3. The summed E-state index contributed by atoms with van der Waals surface area (Å²) in [6, 6.07) is 13.0. The molecule has 2 fully saturated rings. The number of nitrogens with zero attached hydrogens (tertiary/aromatic N) is 3. The van der Waals surface area contributed by atoms with Crippen LogP contribution in [0.1, 0.15) is 68.7 Å². The monoisotopic (exact) mass is 829 g/mol. The van der Waals surface area contributed by atoms with Gasteiger partial charge in [0.25, 0.3) is 5.56 Å². The number of pyridine rings is 1. The summed E-state index contributed by atoms with van der Waals surface area (Å²) >= 11 is 12.7. The van der Waals surface area contributed by atoms with Gasteiger partial charge >= 0.3 is 6.09 Å². The summed E-state index contributed by atoms with van der Waals surface area (Å²) in [5.74, 6) is 0.0499. The number of benzene rings is 2. The van der Waals surface area contributed by atoms with E-state index in [-0.39, 0.29) is 50.2 Å². The number of aryl methyl sites for hydroxylation is 2. The molecule has 57 heavy (non-hydrogen) atoms. The molecule has 0 radical (unpaired) electrons. The Labute approximate surface area is 346 Å². The highest BCUT2D eigenvalue weighted by Crippen LogP contribution is 2.43. The first-order valence-electron chi connectivity index (χ1n) is 19.5. The van der Waals surface area contributed by atoms with E-state index >= 15 is 4.79 Å². The van der Waals surface area contributed by atoms with Crippen LogP contribution in [0.2, 0.25) is 10.0 Å². The van der Waals surface area contributed by atoms with Crippen LogP contribution in [-0.4, -0.2) is 98.9 Å². The number of halogens is 2. The maximum absolute atomic E-state index is 15.2. The molecule has 2 aromatic carbocycles. The van der Waals surface area contributed by atoms with Gasteiger partial charge in [0.1, 0.15) is 30.2 Å². The smallest absolute Gasteiger partial charge is 0.410 e. The fourth-order valence-corrected chi connectivity index (χ4v) is 8.02. The van der Waals surface area contributed by atoms with Crippen molar-refractivity contribution in [3.8, 4) is 11.5 Å². The predicted octanol–water partition coefficient (Wildman–Crippen LogP) is 7.44. The van der Waals surface area contributed by atoms with E-state index in [1.165, 1.54) is 10.6 Å². The first kappa shape index (κ1) is 44.3. The molecule has 2 amide bonds. The molecule has 5 rings (SSSR count).